The molecular formula is C21H22ClFN4O. The molecule has 1 aliphatic carbocycles. The number of aromatic nitrogens is 3. The molecule has 5 nitrogen and oxygen atoms in total. The normalized spacial score (nSPS) is 13.9. The predicted molar refractivity (Wildman–Crippen MR) is 109 cm³/mol. The van der Waals surface area contributed by atoms with E-state index in [1.54, 1.807) is 0 Å². The SMILES string of the molecule is CCCCn1nc(C)c2c(C(=O)Nc3ccc(F)c(Cl)c3)cc(C3CC3)nc21. The van der Waals surface area contributed by atoms with Crippen molar-refractivity contribution < 1.29 is 9.18 Å². The molecule has 0 unspecified atom stereocenters. The van der Waals surface area contributed by atoms with E-state index in [2.05, 4.69) is 17.3 Å². The number of anilines is 1. The van der Waals surface area contributed by atoms with Crippen LogP contribution in [-0.2, 0) is 6.54 Å². The smallest absolute Gasteiger partial charge is 0.256 e. The van der Waals surface area contributed by atoms with Gasteiger partial charge in [-0.05, 0) is 50.5 Å². The first-order valence-corrected chi connectivity index (χ1v) is 10.00. The summed E-state index contributed by atoms with van der Waals surface area (Å²) in [6.45, 7) is 4.81. The van der Waals surface area contributed by atoms with E-state index in [0.29, 0.717) is 17.2 Å². The highest BCUT2D eigenvalue weighted by molar-refractivity contribution is 6.31. The van der Waals surface area contributed by atoms with Crippen LogP contribution >= 0.6 is 11.6 Å². The molecule has 0 bridgehead atoms. The monoisotopic (exact) mass is 400 g/mol. The molecule has 1 N–H and O–H groups in total. The number of rotatable bonds is 6. The van der Waals surface area contributed by atoms with Crippen LogP contribution < -0.4 is 5.32 Å². The van der Waals surface area contributed by atoms with Crippen molar-refractivity contribution in [2.75, 3.05) is 5.32 Å². The molecule has 0 radical (unpaired) electrons. The molecule has 1 amide bonds. The molecule has 2 aromatic heterocycles. The minimum atomic E-state index is -0.518. The fourth-order valence-electron chi connectivity index (χ4n) is 3.38. The van der Waals surface area contributed by atoms with Crippen molar-refractivity contribution in [3.63, 3.8) is 0 Å². The van der Waals surface area contributed by atoms with Crippen molar-refractivity contribution in [3.05, 3.63) is 52.1 Å². The minimum Gasteiger partial charge on any atom is -0.322 e. The Balaban J connectivity index is 1.76. The van der Waals surface area contributed by atoms with Crippen LogP contribution in [0.4, 0.5) is 10.1 Å². The van der Waals surface area contributed by atoms with Crippen LogP contribution in [-0.4, -0.2) is 20.7 Å². The van der Waals surface area contributed by atoms with Gasteiger partial charge in [-0.2, -0.15) is 5.10 Å². The summed E-state index contributed by atoms with van der Waals surface area (Å²) in [4.78, 5) is 17.9. The zero-order valence-corrected chi connectivity index (χ0v) is 16.7. The maximum atomic E-state index is 13.4. The number of halogens is 2. The third-order valence-corrected chi connectivity index (χ3v) is 5.33. The van der Waals surface area contributed by atoms with Gasteiger partial charge >= 0.3 is 0 Å². The van der Waals surface area contributed by atoms with E-state index in [1.807, 2.05) is 17.7 Å². The van der Waals surface area contributed by atoms with Gasteiger partial charge in [0.2, 0.25) is 0 Å². The van der Waals surface area contributed by atoms with Crippen LogP contribution in [0.3, 0.4) is 0 Å². The third-order valence-electron chi connectivity index (χ3n) is 5.04. The molecule has 1 aromatic carbocycles. The van der Waals surface area contributed by atoms with E-state index >= 15 is 0 Å². The molecule has 7 heteroatoms. The molecule has 0 saturated heterocycles. The quantitative estimate of drug-likeness (QED) is 0.597. The predicted octanol–water partition coefficient (Wildman–Crippen LogP) is 5.46. The van der Waals surface area contributed by atoms with Gasteiger partial charge in [-0.25, -0.2) is 14.1 Å². The number of benzene rings is 1. The number of amides is 1. The van der Waals surface area contributed by atoms with Gasteiger partial charge in [-0.15, -0.1) is 0 Å². The lowest BCUT2D eigenvalue weighted by Gasteiger charge is -2.10. The van der Waals surface area contributed by atoms with Crippen molar-refractivity contribution in [2.24, 2.45) is 0 Å². The van der Waals surface area contributed by atoms with Crippen LogP contribution in [0.15, 0.2) is 24.3 Å². The summed E-state index contributed by atoms with van der Waals surface area (Å²) in [5.41, 5.74) is 3.48. The van der Waals surface area contributed by atoms with Crippen LogP contribution in [0.2, 0.25) is 5.02 Å². The molecule has 0 aliphatic heterocycles. The van der Waals surface area contributed by atoms with Gasteiger partial charge in [0.15, 0.2) is 5.65 Å². The summed E-state index contributed by atoms with van der Waals surface area (Å²) in [5, 5.41) is 8.20. The van der Waals surface area contributed by atoms with Crippen molar-refractivity contribution in [1.29, 1.82) is 0 Å². The van der Waals surface area contributed by atoms with Gasteiger partial charge in [0.25, 0.3) is 5.91 Å². The number of aryl methyl sites for hydroxylation is 2. The second-order valence-corrected chi connectivity index (χ2v) is 7.72. The van der Waals surface area contributed by atoms with E-state index in [-0.39, 0.29) is 10.9 Å². The molecule has 1 aliphatic rings. The van der Waals surface area contributed by atoms with E-state index in [9.17, 15) is 9.18 Å². The number of pyridine rings is 1. The Bertz CT molecular complexity index is 1060. The van der Waals surface area contributed by atoms with Gasteiger partial charge in [0.1, 0.15) is 5.82 Å². The lowest BCUT2D eigenvalue weighted by atomic mass is 10.1. The standard InChI is InChI=1S/C21H22ClFN4O/c1-3-4-9-27-20-19(12(2)26-27)15(11-18(25-20)13-5-6-13)21(28)24-14-7-8-17(23)16(22)10-14/h7-8,10-11,13H,3-6,9H2,1-2H3,(H,24,28). The van der Waals surface area contributed by atoms with Crippen molar-refractivity contribution in [3.8, 4) is 0 Å². The molecule has 28 heavy (non-hydrogen) atoms. The van der Waals surface area contributed by atoms with E-state index < -0.39 is 5.82 Å². The second-order valence-electron chi connectivity index (χ2n) is 7.31. The molecule has 146 valence electrons. The summed E-state index contributed by atoms with van der Waals surface area (Å²) in [6, 6.07) is 6.02. The average molecular weight is 401 g/mol. The molecule has 0 spiro atoms. The Labute approximate surface area is 167 Å². The summed E-state index contributed by atoms with van der Waals surface area (Å²) in [6.07, 6.45) is 4.24. The molecule has 2 heterocycles. The number of nitrogens with zero attached hydrogens (tertiary/aromatic N) is 3. The van der Waals surface area contributed by atoms with Gasteiger partial charge in [-0.1, -0.05) is 24.9 Å². The van der Waals surface area contributed by atoms with Gasteiger partial charge in [0, 0.05) is 23.8 Å². The Morgan fingerprint density at radius 3 is 2.82 bits per heavy atom. The maximum Gasteiger partial charge on any atom is 0.256 e. The van der Waals surface area contributed by atoms with E-state index in [0.717, 1.165) is 54.6 Å². The van der Waals surface area contributed by atoms with E-state index in [4.69, 9.17) is 16.6 Å². The zero-order chi connectivity index (χ0) is 19.8. The lowest BCUT2D eigenvalue weighted by molar-refractivity contribution is 0.102. The van der Waals surface area contributed by atoms with Crippen LogP contribution in [0.1, 0.15) is 60.3 Å². The van der Waals surface area contributed by atoms with Crippen LogP contribution in [0.25, 0.3) is 11.0 Å². The molecular weight excluding hydrogens is 379 g/mol. The largest absolute Gasteiger partial charge is 0.322 e. The highest BCUT2D eigenvalue weighted by atomic mass is 35.5. The third kappa shape index (κ3) is 3.61. The second kappa shape index (κ2) is 7.51. The highest BCUT2D eigenvalue weighted by Crippen LogP contribution is 2.40. The first kappa shape index (κ1) is 18.9. The van der Waals surface area contributed by atoms with Gasteiger partial charge in [-0.3, -0.25) is 4.79 Å². The average Bonchev–Trinajstić information content (AvgIpc) is 3.47. The van der Waals surface area contributed by atoms with Gasteiger partial charge < -0.3 is 5.32 Å². The van der Waals surface area contributed by atoms with Crippen LogP contribution in [0, 0.1) is 12.7 Å². The number of carbonyl (C=O) groups excluding carboxylic acids is 1. The minimum absolute atomic E-state index is 0.0279. The van der Waals surface area contributed by atoms with Gasteiger partial charge in [0.05, 0.1) is 21.7 Å². The first-order valence-electron chi connectivity index (χ1n) is 9.62. The van der Waals surface area contributed by atoms with Crippen molar-refractivity contribution >= 4 is 34.2 Å². The molecule has 1 fully saturated rings. The van der Waals surface area contributed by atoms with E-state index in [1.165, 1.54) is 18.2 Å². The summed E-state index contributed by atoms with van der Waals surface area (Å²) >= 11 is 5.84. The topological polar surface area (TPSA) is 59.8 Å². The molecule has 0 atom stereocenters. The Morgan fingerprint density at radius 2 is 2.14 bits per heavy atom. The molecule has 4 rings (SSSR count). The fraction of sp³-hybridized carbons (Fsp3) is 0.381. The number of unbranched alkanes of at least 4 members (excludes halogenated alkanes) is 1. The zero-order valence-electron chi connectivity index (χ0n) is 15.9. The van der Waals surface area contributed by atoms with Crippen LogP contribution in [0.5, 0.6) is 0 Å². The molecule has 1 saturated carbocycles. The maximum absolute atomic E-state index is 13.4. The lowest BCUT2D eigenvalue weighted by Crippen LogP contribution is -2.14. The fourth-order valence-corrected chi connectivity index (χ4v) is 3.56. The number of fused-ring (bicyclic) bond motifs is 1. The molecule has 3 aromatic rings. The summed E-state index contributed by atoms with van der Waals surface area (Å²) in [7, 11) is 0. The highest BCUT2D eigenvalue weighted by Gasteiger charge is 2.28. The Morgan fingerprint density at radius 1 is 1.36 bits per heavy atom. The van der Waals surface area contributed by atoms with Crippen molar-refractivity contribution in [1.82, 2.24) is 14.8 Å². The Kier molecular flexibility index (Phi) is 5.06. The number of carbonyl (C=O) groups is 1. The summed E-state index contributed by atoms with van der Waals surface area (Å²) in [5.74, 6) is -0.379. The van der Waals surface area contributed by atoms with Crippen molar-refractivity contribution in [2.45, 2.75) is 52.0 Å². The first-order chi connectivity index (χ1) is 13.5. The number of hydrogen-bond donors (Lipinski definition) is 1. The number of hydrogen-bond acceptors (Lipinski definition) is 3. The Hall–Kier alpha value is -2.47. The summed E-state index contributed by atoms with van der Waals surface area (Å²) < 4.78 is 15.3. The number of nitrogens with one attached hydrogen (secondary N) is 1.